The fourth-order valence-corrected chi connectivity index (χ4v) is 7.14. The third kappa shape index (κ3) is 9.51. The summed E-state index contributed by atoms with van der Waals surface area (Å²) in [7, 11) is 2.87. The van der Waals surface area contributed by atoms with Crippen molar-refractivity contribution >= 4 is 34.7 Å². The molecule has 280 valence electrons. The average molecular weight is 716 g/mol. The van der Waals surface area contributed by atoms with E-state index in [1.807, 2.05) is 75.4 Å². The van der Waals surface area contributed by atoms with Gasteiger partial charge in [-0.3, -0.25) is 9.59 Å². The lowest BCUT2D eigenvalue weighted by molar-refractivity contribution is -0.145. The predicted octanol–water partition coefficient (Wildman–Crippen LogP) is 5.62. The van der Waals surface area contributed by atoms with Crippen LogP contribution in [0.1, 0.15) is 72.1 Å². The smallest absolute Gasteiger partial charge is 0.328 e. The third-order valence-electron chi connectivity index (χ3n) is 10.1. The van der Waals surface area contributed by atoms with Crippen LogP contribution in [-0.4, -0.2) is 85.2 Å². The number of ether oxygens (including phenoxy) is 3. The fraction of sp³-hybridized carbons (Fsp3) is 0.525. The summed E-state index contributed by atoms with van der Waals surface area (Å²) in [5.74, 6) is 0.111. The standard InChI is InChI=1S/C40H53N5O7/c1-6-13-31(39(48)51-5)43-37(46)34-21-29(24-45(34)40(49)44-36(25(2)3)38(47)41-23-26-14-9-7-10-15-26)52-35-22-32(27-16-11-8-12-17-27)42-33-20-28(50-4)18-19-30(33)35/h8,11-12,16-20,22,25-26,29,31,34,36H,6-7,9-10,13-15,21,23-24H2,1-5H3,(H,41,47)(H,43,46)(H,44,49)/t29?,31-,34-,36-/m0/s1. The van der Waals surface area contributed by atoms with Gasteiger partial charge in [0.15, 0.2) is 0 Å². The van der Waals surface area contributed by atoms with E-state index in [2.05, 4.69) is 16.0 Å². The van der Waals surface area contributed by atoms with Crippen molar-refractivity contribution < 1.29 is 33.4 Å². The second-order valence-corrected chi connectivity index (χ2v) is 14.2. The number of aromatic nitrogens is 1. The summed E-state index contributed by atoms with van der Waals surface area (Å²) in [6, 6.07) is 13.9. The molecular formula is C40H53N5O7. The highest BCUT2D eigenvalue weighted by Gasteiger charge is 2.43. The van der Waals surface area contributed by atoms with E-state index in [1.54, 1.807) is 7.11 Å². The van der Waals surface area contributed by atoms with Crippen molar-refractivity contribution in [1.29, 1.82) is 0 Å². The van der Waals surface area contributed by atoms with Gasteiger partial charge in [-0.2, -0.15) is 0 Å². The fourth-order valence-electron chi connectivity index (χ4n) is 7.14. The minimum Gasteiger partial charge on any atom is -0.497 e. The Balaban J connectivity index is 1.41. The molecule has 2 heterocycles. The number of likely N-dealkylation sites (tertiary alicyclic amines) is 1. The molecule has 4 amide bonds. The lowest BCUT2D eigenvalue weighted by atomic mass is 9.89. The number of nitrogens with one attached hydrogen (secondary N) is 3. The summed E-state index contributed by atoms with van der Waals surface area (Å²) in [6.07, 6.45) is 6.30. The number of benzene rings is 2. The van der Waals surface area contributed by atoms with Crippen LogP contribution in [-0.2, 0) is 19.1 Å². The van der Waals surface area contributed by atoms with Crippen molar-refractivity contribution in [2.24, 2.45) is 11.8 Å². The van der Waals surface area contributed by atoms with Crippen LogP contribution in [0.5, 0.6) is 11.5 Å². The van der Waals surface area contributed by atoms with Gasteiger partial charge >= 0.3 is 12.0 Å². The number of nitrogens with zero attached hydrogens (tertiary/aromatic N) is 2. The van der Waals surface area contributed by atoms with Crippen LogP contribution in [0.15, 0.2) is 54.6 Å². The molecule has 52 heavy (non-hydrogen) atoms. The van der Waals surface area contributed by atoms with Gasteiger partial charge in [0.2, 0.25) is 11.8 Å². The predicted molar refractivity (Wildman–Crippen MR) is 199 cm³/mol. The number of amides is 4. The van der Waals surface area contributed by atoms with Gasteiger partial charge in [-0.15, -0.1) is 0 Å². The van der Waals surface area contributed by atoms with Gasteiger partial charge in [-0.1, -0.05) is 76.8 Å². The highest BCUT2D eigenvalue weighted by molar-refractivity contribution is 5.93. The molecule has 0 spiro atoms. The first kappa shape index (κ1) is 38.4. The number of esters is 1. The van der Waals surface area contributed by atoms with E-state index in [9.17, 15) is 19.2 Å². The zero-order chi connectivity index (χ0) is 37.2. The molecule has 4 atom stereocenters. The second kappa shape index (κ2) is 18.1. The van der Waals surface area contributed by atoms with Gasteiger partial charge in [0, 0.05) is 36.0 Å². The van der Waals surface area contributed by atoms with Crippen molar-refractivity contribution in [3.8, 4) is 22.8 Å². The van der Waals surface area contributed by atoms with Crippen molar-refractivity contribution in [1.82, 2.24) is 25.8 Å². The van der Waals surface area contributed by atoms with Crippen molar-refractivity contribution in [2.45, 2.75) is 96.4 Å². The van der Waals surface area contributed by atoms with E-state index < -0.39 is 42.1 Å². The lowest BCUT2D eigenvalue weighted by Gasteiger charge is -2.29. The van der Waals surface area contributed by atoms with Crippen LogP contribution in [0.2, 0.25) is 0 Å². The number of pyridine rings is 1. The molecule has 2 fully saturated rings. The molecule has 2 aromatic carbocycles. The molecule has 5 rings (SSSR count). The number of urea groups is 1. The third-order valence-corrected chi connectivity index (χ3v) is 10.1. The minimum absolute atomic E-state index is 0.0652. The van der Waals surface area contributed by atoms with Gasteiger partial charge in [-0.25, -0.2) is 14.6 Å². The average Bonchev–Trinajstić information content (AvgIpc) is 3.59. The first-order valence-corrected chi connectivity index (χ1v) is 18.6. The van der Waals surface area contributed by atoms with Crippen LogP contribution in [0.3, 0.4) is 0 Å². The van der Waals surface area contributed by atoms with Crippen LogP contribution >= 0.6 is 0 Å². The highest BCUT2D eigenvalue weighted by Crippen LogP contribution is 2.34. The molecule has 3 N–H and O–H groups in total. The molecule has 0 bridgehead atoms. The van der Waals surface area contributed by atoms with E-state index >= 15 is 0 Å². The van der Waals surface area contributed by atoms with Crippen LogP contribution < -0.4 is 25.4 Å². The molecule has 1 saturated heterocycles. The number of rotatable bonds is 14. The number of carbonyl (C=O) groups is 4. The molecule has 12 nitrogen and oxygen atoms in total. The Labute approximate surface area is 306 Å². The number of fused-ring (bicyclic) bond motifs is 1. The summed E-state index contributed by atoms with van der Waals surface area (Å²) in [5, 5.41) is 9.55. The molecule has 0 radical (unpaired) electrons. The quantitative estimate of drug-likeness (QED) is 0.182. The Morgan fingerprint density at radius 1 is 0.962 bits per heavy atom. The number of methoxy groups -OCH3 is 2. The van der Waals surface area contributed by atoms with Crippen molar-refractivity contribution in [3.05, 3.63) is 54.6 Å². The highest BCUT2D eigenvalue weighted by atomic mass is 16.5. The molecular weight excluding hydrogens is 662 g/mol. The molecule has 2 aliphatic rings. The number of carbonyl (C=O) groups excluding carboxylic acids is 4. The van der Waals surface area contributed by atoms with Crippen LogP contribution in [0.25, 0.3) is 22.2 Å². The van der Waals surface area contributed by atoms with Gasteiger partial charge in [0.25, 0.3) is 0 Å². The van der Waals surface area contributed by atoms with E-state index in [-0.39, 0.29) is 24.8 Å². The summed E-state index contributed by atoms with van der Waals surface area (Å²) in [6.45, 7) is 6.31. The summed E-state index contributed by atoms with van der Waals surface area (Å²) in [5.41, 5.74) is 2.25. The van der Waals surface area contributed by atoms with Gasteiger partial charge in [-0.05, 0) is 43.2 Å². The monoisotopic (exact) mass is 715 g/mol. The molecule has 1 aliphatic carbocycles. The summed E-state index contributed by atoms with van der Waals surface area (Å²) < 4.78 is 17.1. The minimum atomic E-state index is -0.978. The first-order valence-electron chi connectivity index (χ1n) is 18.6. The topological polar surface area (TPSA) is 148 Å². The molecule has 1 aromatic heterocycles. The van der Waals surface area contributed by atoms with E-state index in [0.29, 0.717) is 48.0 Å². The van der Waals surface area contributed by atoms with Crippen LogP contribution in [0.4, 0.5) is 4.79 Å². The summed E-state index contributed by atoms with van der Waals surface area (Å²) >= 11 is 0. The van der Waals surface area contributed by atoms with Crippen molar-refractivity contribution in [3.63, 3.8) is 0 Å². The van der Waals surface area contributed by atoms with E-state index in [1.165, 1.54) is 31.3 Å². The molecule has 1 saturated carbocycles. The number of hydrogen-bond acceptors (Lipinski definition) is 8. The Bertz CT molecular complexity index is 1690. The summed E-state index contributed by atoms with van der Waals surface area (Å²) in [4.78, 5) is 60.3. The maximum absolute atomic E-state index is 14.1. The molecule has 1 unspecified atom stereocenters. The van der Waals surface area contributed by atoms with Gasteiger partial charge in [0.05, 0.1) is 32.0 Å². The maximum Gasteiger partial charge on any atom is 0.328 e. The largest absolute Gasteiger partial charge is 0.497 e. The zero-order valence-corrected chi connectivity index (χ0v) is 31.0. The molecule has 3 aromatic rings. The Morgan fingerprint density at radius 2 is 1.71 bits per heavy atom. The van der Waals surface area contributed by atoms with Gasteiger partial charge in [0.1, 0.15) is 35.7 Å². The Kier molecular flexibility index (Phi) is 13.3. The molecule has 12 heteroatoms. The van der Waals surface area contributed by atoms with Crippen LogP contribution in [0, 0.1) is 11.8 Å². The normalized spacial score (nSPS) is 18.8. The first-order chi connectivity index (χ1) is 25.1. The Hall–Kier alpha value is -4.87. The van der Waals surface area contributed by atoms with E-state index in [4.69, 9.17) is 19.2 Å². The number of hydrogen-bond donors (Lipinski definition) is 3. The molecule has 1 aliphatic heterocycles. The second-order valence-electron chi connectivity index (χ2n) is 14.2. The zero-order valence-electron chi connectivity index (χ0n) is 31.0. The lowest BCUT2D eigenvalue weighted by Crippen LogP contribution is -2.57. The van der Waals surface area contributed by atoms with Gasteiger partial charge < -0.3 is 35.1 Å². The maximum atomic E-state index is 14.1. The van der Waals surface area contributed by atoms with E-state index in [0.717, 1.165) is 23.8 Å². The van der Waals surface area contributed by atoms with Crippen molar-refractivity contribution in [2.75, 3.05) is 27.3 Å². The SMILES string of the molecule is CCC[C@H](NC(=O)[C@@H]1CC(Oc2cc(-c3ccccc3)nc3cc(OC)ccc23)CN1C(=O)N[C@H](C(=O)NCC1CCCCC1)C(C)C)C(=O)OC. The Morgan fingerprint density at radius 3 is 2.38 bits per heavy atom.